The number of carbonyl (C=O) groups excluding carboxylic acids is 3. The van der Waals surface area contributed by atoms with Crippen LogP contribution in [0.4, 0.5) is 0 Å². The first kappa shape index (κ1) is 33.8. The second-order valence-electron chi connectivity index (χ2n) is 13.1. The molecule has 0 bridgehead atoms. The molecule has 1 heterocycles. The van der Waals surface area contributed by atoms with Crippen LogP contribution in [0.2, 0.25) is 0 Å². The number of rotatable bonds is 14. The average molecular weight is 656 g/mol. The highest BCUT2D eigenvalue weighted by Gasteiger charge is 2.28. The first-order valence-corrected chi connectivity index (χ1v) is 17.2. The zero-order valence-corrected chi connectivity index (χ0v) is 27.7. The summed E-state index contributed by atoms with van der Waals surface area (Å²) in [4.78, 5) is 40.1. The van der Waals surface area contributed by atoms with Gasteiger partial charge in [-0.05, 0) is 77.0 Å². The number of fused-ring (bicyclic) bond motifs is 2. The van der Waals surface area contributed by atoms with Crippen LogP contribution in [-0.2, 0) is 33.6 Å². The number of hydrogen-bond acceptors (Lipinski definition) is 5. The van der Waals surface area contributed by atoms with Crippen LogP contribution in [-0.4, -0.2) is 55.5 Å². The largest absolute Gasteiger partial charge is 0.368 e. The van der Waals surface area contributed by atoms with E-state index in [2.05, 4.69) is 75.9 Å². The standard InChI is InChI=1S/C41H45N5O3/c42-39(47)37(25-28-8-2-1-3-9-28)46-41(49)38(26-30-15-17-32-11-5-7-13-35(32)23-30)44-27-36(45-40(48)33-18-20-43-21-19-33)24-29-14-16-31-10-4-6-12-34(31)22-29/h1-17,22-23,33,36-38,43-44H,18-21,24-27H2,(H2,42,47)(H,45,48)(H,46,49). The summed E-state index contributed by atoms with van der Waals surface area (Å²) in [5.41, 5.74) is 8.78. The third-order valence-electron chi connectivity index (χ3n) is 9.48. The van der Waals surface area contributed by atoms with Crippen molar-refractivity contribution in [2.45, 2.75) is 50.2 Å². The predicted molar refractivity (Wildman–Crippen MR) is 196 cm³/mol. The summed E-state index contributed by atoms with van der Waals surface area (Å²) < 4.78 is 0. The molecule has 1 aliphatic heterocycles. The fourth-order valence-electron chi connectivity index (χ4n) is 6.72. The Balaban J connectivity index is 1.24. The number of piperidine rings is 1. The van der Waals surface area contributed by atoms with Crippen LogP contribution < -0.4 is 27.0 Å². The molecule has 3 amide bonds. The van der Waals surface area contributed by atoms with Crippen molar-refractivity contribution in [2.24, 2.45) is 11.7 Å². The molecule has 5 aromatic carbocycles. The Morgan fingerprint density at radius 2 is 1.18 bits per heavy atom. The maximum absolute atomic E-state index is 14.0. The van der Waals surface area contributed by atoms with E-state index in [0.29, 0.717) is 25.8 Å². The van der Waals surface area contributed by atoms with Crippen LogP contribution in [0.1, 0.15) is 29.5 Å². The second kappa shape index (κ2) is 16.4. The lowest BCUT2D eigenvalue weighted by Gasteiger charge is -2.28. The molecule has 8 heteroatoms. The fraction of sp³-hybridized carbons (Fsp3) is 0.293. The van der Waals surface area contributed by atoms with Crippen molar-refractivity contribution >= 4 is 39.3 Å². The summed E-state index contributed by atoms with van der Waals surface area (Å²) in [6.07, 6.45) is 2.87. The lowest BCUT2D eigenvalue weighted by Crippen LogP contribution is -2.56. The predicted octanol–water partition coefficient (Wildman–Crippen LogP) is 4.43. The topological polar surface area (TPSA) is 125 Å². The Kier molecular flexibility index (Phi) is 11.3. The molecule has 252 valence electrons. The van der Waals surface area contributed by atoms with Gasteiger partial charge in [0.1, 0.15) is 6.04 Å². The molecule has 0 saturated carbocycles. The van der Waals surface area contributed by atoms with E-state index in [1.165, 1.54) is 0 Å². The Morgan fingerprint density at radius 1 is 0.633 bits per heavy atom. The van der Waals surface area contributed by atoms with Crippen molar-refractivity contribution in [3.63, 3.8) is 0 Å². The van der Waals surface area contributed by atoms with E-state index >= 15 is 0 Å². The third kappa shape index (κ3) is 9.31. The van der Waals surface area contributed by atoms with E-state index in [0.717, 1.165) is 64.2 Å². The van der Waals surface area contributed by atoms with Gasteiger partial charge < -0.3 is 27.0 Å². The summed E-state index contributed by atoms with van der Waals surface area (Å²) >= 11 is 0. The highest BCUT2D eigenvalue weighted by molar-refractivity contribution is 5.90. The molecule has 49 heavy (non-hydrogen) atoms. The molecule has 8 nitrogen and oxygen atoms in total. The highest BCUT2D eigenvalue weighted by Crippen LogP contribution is 2.19. The van der Waals surface area contributed by atoms with Crippen LogP contribution in [0.5, 0.6) is 0 Å². The number of carbonyl (C=O) groups is 3. The van der Waals surface area contributed by atoms with Crippen molar-refractivity contribution in [1.29, 1.82) is 0 Å². The molecule has 1 fully saturated rings. The first-order valence-electron chi connectivity index (χ1n) is 17.2. The number of hydrogen-bond donors (Lipinski definition) is 5. The van der Waals surface area contributed by atoms with E-state index in [4.69, 9.17) is 5.73 Å². The summed E-state index contributed by atoms with van der Waals surface area (Å²) in [6.45, 7) is 2.00. The SMILES string of the molecule is NC(=O)C(Cc1ccccc1)NC(=O)C(Cc1ccc2ccccc2c1)NCC(Cc1ccc2ccccc2c1)NC(=O)C1CCNCC1. The van der Waals surface area contributed by atoms with E-state index in [1.54, 1.807) is 0 Å². The maximum Gasteiger partial charge on any atom is 0.240 e. The van der Waals surface area contributed by atoms with E-state index in [1.807, 2.05) is 60.7 Å². The third-order valence-corrected chi connectivity index (χ3v) is 9.48. The van der Waals surface area contributed by atoms with Crippen LogP contribution in [0.25, 0.3) is 21.5 Å². The monoisotopic (exact) mass is 655 g/mol. The van der Waals surface area contributed by atoms with E-state index in [9.17, 15) is 14.4 Å². The van der Waals surface area contributed by atoms with Crippen molar-refractivity contribution in [3.8, 4) is 0 Å². The van der Waals surface area contributed by atoms with Crippen LogP contribution in [0.3, 0.4) is 0 Å². The second-order valence-corrected chi connectivity index (χ2v) is 13.1. The van der Waals surface area contributed by atoms with Gasteiger partial charge in [-0.1, -0.05) is 115 Å². The number of primary amides is 1. The molecule has 0 aliphatic carbocycles. The first-order chi connectivity index (χ1) is 23.9. The normalized spacial score (nSPS) is 15.3. The molecule has 5 aromatic rings. The Bertz CT molecular complexity index is 1890. The summed E-state index contributed by atoms with van der Waals surface area (Å²) in [5, 5.41) is 17.6. The van der Waals surface area contributed by atoms with Gasteiger partial charge in [-0.2, -0.15) is 0 Å². The van der Waals surface area contributed by atoms with Crippen molar-refractivity contribution in [1.82, 2.24) is 21.3 Å². The Labute approximate surface area is 287 Å². The average Bonchev–Trinajstić information content (AvgIpc) is 3.13. The van der Waals surface area contributed by atoms with Gasteiger partial charge in [-0.3, -0.25) is 14.4 Å². The molecule has 0 aromatic heterocycles. The Morgan fingerprint density at radius 3 is 1.80 bits per heavy atom. The van der Waals surface area contributed by atoms with Crippen molar-refractivity contribution < 1.29 is 14.4 Å². The lowest BCUT2D eigenvalue weighted by atomic mass is 9.95. The molecule has 6 rings (SSSR count). The van der Waals surface area contributed by atoms with Gasteiger partial charge in [0.15, 0.2) is 0 Å². The van der Waals surface area contributed by atoms with Gasteiger partial charge >= 0.3 is 0 Å². The molecule has 3 unspecified atom stereocenters. The van der Waals surface area contributed by atoms with Gasteiger partial charge in [0.25, 0.3) is 0 Å². The smallest absolute Gasteiger partial charge is 0.240 e. The summed E-state index contributed by atoms with van der Waals surface area (Å²) in [6, 6.07) is 36.6. The minimum absolute atomic E-state index is 0.0428. The molecule has 0 spiro atoms. The lowest BCUT2D eigenvalue weighted by molar-refractivity contribution is -0.128. The summed E-state index contributed by atoms with van der Waals surface area (Å²) in [5.74, 6) is -0.917. The molecule has 0 radical (unpaired) electrons. The molecule has 6 N–H and O–H groups in total. The van der Waals surface area contributed by atoms with Crippen molar-refractivity contribution in [2.75, 3.05) is 19.6 Å². The quantitative estimate of drug-likeness (QED) is 0.121. The van der Waals surface area contributed by atoms with Gasteiger partial charge in [0.2, 0.25) is 17.7 Å². The fourth-order valence-corrected chi connectivity index (χ4v) is 6.72. The van der Waals surface area contributed by atoms with Gasteiger partial charge in [0, 0.05) is 24.9 Å². The van der Waals surface area contributed by atoms with E-state index < -0.39 is 18.0 Å². The Hall–Kier alpha value is -5.05. The molecule has 3 atom stereocenters. The summed E-state index contributed by atoms with van der Waals surface area (Å²) in [7, 11) is 0. The minimum atomic E-state index is -0.871. The number of benzene rings is 5. The van der Waals surface area contributed by atoms with Crippen LogP contribution in [0.15, 0.2) is 115 Å². The number of nitrogens with two attached hydrogens (primary N) is 1. The van der Waals surface area contributed by atoms with Gasteiger partial charge in [0.05, 0.1) is 6.04 Å². The van der Waals surface area contributed by atoms with Gasteiger partial charge in [-0.15, -0.1) is 0 Å². The van der Waals surface area contributed by atoms with E-state index in [-0.39, 0.29) is 23.8 Å². The molecular formula is C41H45N5O3. The molecular weight excluding hydrogens is 610 g/mol. The van der Waals surface area contributed by atoms with Gasteiger partial charge in [-0.25, -0.2) is 0 Å². The molecule has 1 aliphatic rings. The van der Waals surface area contributed by atoms with Crippen LogP contribution >= 0.6 is 0 Å². The minimum Gasteiger partial charge on any atom is -0.368 e. The maximum atomic E-state index is 14.0. The zero-order chi connectivity index (χ0) is 34.0. The van der Waals surface area contributed by atoms with Crippen molar-refractivity contribution in [3.05, 3.63) is 132 Å². The number of amides is 3. The highest BCUT2D eigenvalue weighted by atomic mass is 16.2. The molecule has 1 saturated heterocycles. The van der Waals surface area contributed by atoms with Crippen LogP contribution in [0, 0.1) is 5.92 Å². The zero-order valence-electron chi connectivity index (χ0n) is 27.7. The number of nitrogens with one attached hydrogen (secondary N) is 4.